The number of pyridine rings is 1. The monoisotopic (exact) mass is 277 g/mol. The summed E-state index contributed by atoms with van der Waals surface area (Å²) in [5, 5.41) is 13.2. The Balaban J connectivity index is 1.82. The Hall–Kier alpha value is -1.50. The van der Waals surface area contributed by atoms with E-state index in [2.05, 4.69) is 15.2 Å². The molecule has 0 amide bonds. The van der Waals surface area contributed by atoms with Gasteiger partial charge in [-0.15, -0.1) is 11.3 Å². The van der Waals surface area contributed by atoms with Crippen molar-refractivity contribution in [3.05, 3.63) is 28.8 Å². The van der Waals surface area contributed by atoms with Crippen molar-refractivity contribution in [3.8, 4) is 0 Å². The molecule has 0 saturated carbocycles. The van der Waals surface area contributed by atoms with Crippen LogP contribution in [0.5, 0.6) is 0 Å². The predicted octanol–water partition coefficient (Wildman–Crippen LogP) is 1.40. The number of nitrogens with one attached hydrogen (secondary N) is 1. The lowest BCUT2D eigenvalue weighted by atomic mass is 10.2. The van der Waals surface area contributed by atoms with E-state index in [1.807, 2.05) is 12.1 Å². The fourth-order valence-electron chi connectivity index (χ4n) is 2.25. The van der Waals surface area contributed by atoms with Crippen LogP contribution in [0, 0.1) is 0 Å². The first-order valence-electron chi connectivity index (χ1n) is 6.28. The quantitative estimate of drug-likeness (QED) is 0.888. The fraction of sp³-hybridized carbons (Fsp3) is 0.385. The van der Waals surface area contributed by atoms with Crippen molar-refractivity contribution in [3.63, 3.8) is 0 Å². The minimum absolute atomic E-state index is 0.349. The number of rotatable bonds is 3. The minimum atomic E-state index is -0.883. The van der Waals surface area contributed by atoms with Gasteiger partial charge in [0.05, 0.1) is 5.69 Å². The van der Waals surface area contributed by atoms with Gasteiger partial charge in [-0.2, -0.15) is 0 Å². The first-order valence-corrected chi connectivity index (χ1v) is 7.10. The Morgan fingerprint density at radius 2 is 2.21 bits per heavy atom. The average molecular weight is 277 g/mol. The summed E-state index contributed by atoms with van der Waals surface area (Å²) in [7, 11) is 0. The lowest BCUT2D eigenvalue weighted by molar-refractivity contribution is 0.0702. The van der Waals surface area contributed by atoms with E-state index in [-0.39, 0.29) is 0 Å². The zero-order chi connectivity index (χ0) is 13.2. The fourth-order valence-corrected chi connectivity index (χ4v) is 3.14. The summed E-state index contributed by atoms with van der Waals surface area (Å²) in [6, 6.07) is 5.63. The number of thiophene rings is 1. The highest BCUT2D eigenvalue weighted by Crippen LogP contribution is 2.24. The van der Waals surface area contributed by atoms with Crippen molar-refractivity contribution < 1.29 is 9.90 Å². The van der Waals surface area contributed by atoms with Crippen LogP contribution >= 0.6 is 11.3 Å². The highest BCUT2D eigenvalue weighted by Gasteiger charge is 2.13. The molecular formula is C13H15N3O2S. The molecule has 0 aliphatic carbocycles. The maximum atomic E-state index is 10.9. The van der Waals surface area contributed by atoms with Gasteiger partial charge in [0, 0.05) is 38.1 Å². The Bertz CT molecular complexity index is 605. The number of fused-ring (bicyclic) bond motifs is 1. The molecule has 3 heterocycles. The number of hydrogen-bond acceptors (Lipinski definition) is 5. The summed E-state index contributed by atoms with van der Waals surface area (Å²) >= 11 is 1.24. The molecule has 2 N–H and O–H groups in total. The first kappa shape index (κ1) is 12.5. The second kappa shape index (κ2) is 5.24. The summed E-state index contributed by atoms with van der Waals surface area (Å²) < 4.78 is 0. The molecule has 1 saturated heterocycles. The first-order chi connectivity index (χ1) is 9.22. The van der Waals surface area contributed by atoms with Gasteiger partial charge < -0.3 is 10.4 Å². The zero-order valence-corrected chi connectivity index (χ0v) is 11.2. The third-order valence-corrected chi connectivity index (χ3v) is 4.28. The predicted molar refractivity (Wildman–Crippen MR) is 74.7 cm³/mol. The van der Waals surface area contributed by atoms with Crippen LogP contribution in [0.1, 0.15) is 15.4 Å². The van der Waals surface area contributed by atoms with Crippen LogP contribution in [0.3, 0.4) is 0 Å². The van der Waals surface area contributed by atoms with Crippen LogP contribution in [-0.4, -0.2) is 47.1 Å². The number of carbonyl (C=O) groups is 1. The second-order valence-corrected chi connectivity index (χ2v) is 5.67. The van der Waals surface area contributed by atoms with Gasteiger partial charge in [-0.1, -0.05) is 6.07 Å². The largest absolute Gasteiger partial charge is 0.477 e. The lowest BCUT2D eigenvalue weighted by Crippen LogP contribution is -2.43. The molecule has 0 radical (unpaired) electrons. The third-order valence-electron chi connectivity index (χ3n) is 3.25. The Labute approximate surface area is 114 Å². The van der Waals surface area contributed by atoms with Crippen LogP contribution in [0.4, 0.5) is 0 Å². The van der Waals surface area contributed by atoms with E-state index in [9.17, 15) is 4.79 Å². The van der Waals surface area contributed by atoms with Crippen LogP contribution in [0.2, 0.25) is 0 Å². The molecule has 0 aromatic carbocycles. The van der Waals surface area contributed by atoms with E-state index in [1.54, 1.807) is 6.07 Å². The highest BCUT2D eigenvalue weighted by molar-refractivity contribution is 7.20. The summed E-state index contributed by atoms with van der Waals surface area (Å²) in [6.45, 7) is 4.93. The molecule has 19 heavy (non-hydrogen) atoms. The molecular weight excluding hydrogens is 262 g/mol. The van der Waals surface area contributed by atoms with Gasteiger partial charge in [-0.05, 0) is 12.1 Å². The Kier molecular flexibility index (Phi) is 3.46. The number of nitrogens with zero attached hydrogens (tertiary/aromatic N) is 2. The normalized spacial score (nSPS) is 16.8. The number of aromatic carboxylic acids is 1. The minimum Gasteiger partial charge on any atom is -0.477 e. The van der Waals surface area contributed by atoms with E-state index in [0.29, 0.717) is 4.88 Å². The Morgan fingerprint density at radius 1 is 1.42 bits per heavy atom. The van der Waals surface area contributed by atoms with E-state index in [0.717, 1.165) is 48.6 Å². The molecule has 100 valence electrons. The van der Waals surface area contributed by atoms with Gasteiger partial charge in [0.1, 0.15) is 9.71 Å². The second-order valence-electron chi connectivity index (χ2n) is 4.64. The van der Waals surface area contributed by atoms with E-state index in [4.69, 9.17) is 5.11 Å². The standard InChI is InChI=1S/C13H15N3O2S/c17-13(18)11-7-9-1-2-10(15-12(9)19-11)8-16-5-3-14-4-6-16/h1-2,7,14H,3-6,8H2,(H,17,18). The highest BCUT2D eigenvalue weighted by atomic mass is 32.1. The number of aromatic nitrogens is 1. The van der Waals surface area contributed by atoms with E-state index in [1.165, 1.54) is 11.3 Å². The van der Waals surface area contributed by atoms with E-state index < -0.39 is 5.97 Å². The molecule has 2 aromatic heterocycles. The topological polar surface area (TPSA) is 65.5 Å². The summed E-state index contributed by atoms with van der Waals surface area (Å²) in [6.07, 6.45) is 0. The molecule has 1 aliphatic rings. The molecule has 1 fully saturated rings. The number of carboxylic acids is 1. The van der Waals surface area contributed by atoms with Crippen molar-refractivity contribution in [1.29, 1.82) is 0 Å². The van der Waals surface area contributed by atoms with Crippen molar-refractivity contribution >= 4 is 27.5 Å². The zero-order valence-electron chi connectivity index (χ0n) is 10.4. The number of carboxylic acid groups (broad SMARTS) is 1. The number of piperazine rings is 1. The van der Waals surface area contributed by atoms with Gasteiger partial charge in [-0.25, -0.2) is 9.78 Å². The summed E-state index contributed by atoms with van der Waals surface area (Å²) in [5.74, 6) is -0.883. The smallest absolute Gasteiger partial charge is 0.345 e. The van der Waals surface area contributed by atoms with Crippen LogP contribution in [0.25, 0.3) is 10.2 Å². The van der Waals surface area contributed by atoms with Crippen molar-refractivity contribution in [2.24, 2.45) is 0 Å². The van der Waals surface area contributed by atoms with E-state index >= 15 is 0 Å². The van der Waals surface area contributed by atoms with Crippen molar-refractivity contribution in [2.75, 3.05) is 26.2 Å². The molecule has 1 aliphatic heterocycles. The SMILES string of the molecule is O=C(O)c1cc2ccc(CN3CCNCC3)nc2s1. The van der Waals surface area contributed by atoms with Crippen LogP contribution in [-0.2, 0) is 6.54 Å². The van der Waals surface area contributed by atoms with Crippen molar-refractivity contribution in [2.45, 2.75) is 6.54 Å². The molecule has 2 aromatic rings. The van der Waals surface area contributed by atoms with Crippen LogP contribution < -0.4 is 5.32 Å². The molecule has 5 nitrogen and oxygen atoms in total. The van der Waals surface area contributed by atoms with Gasteiger partial charge in [0.15, 0.2) is 0 Å². The lowest BCUT2D eigenvalue weighted by Gasteiger charge is -2.26. The number of hydrogen-bond donors (Lipinski definition) is 2. The average Bonchev–Trinajstić information content (AvgIpc) is 2.83. The Morgan fingerprint density at radius 3 is 2.95 bits per heavy atom. The maximum absolute atomic E-state index is 10.9. The molecule has 0 unspecified atom stereocenters. The van der Waals surface area contributed by atoms with Gasteiger partial charge in [0.2, 0.25) is 0 Å². The van der Waals surface area contributed by atoms with Crippen LogP contribution in [0.15, 0.2) is 18.2 Å². The molecule has 6 heteroatoms. The maximum Gasteiger partial charge on any atom is 0.345 e. The summed E-state index contributed by atoms with van der Waals surface area (Å²) in [5.41, 5.74) is 1.01. The summed E-state index contributed by atoms with van der Waals surface area (Å²) in [4.78, 5) is 19.0. The molecule has 0 spiro atoms. The van der Waals surface area contributed by atoms with Gasteiger partial charge in [0.25, 0.3) is 0 Å². The molecule has 0 atom stereocenters. The van der Waals surface area contributed by atoms with Gasteiger partial charge >= 0.3 is 5.97 Å². The van der Waals surface area contributed by atoms with Gasteiger partial charge in [-0.3, -0.25) is 4.90 Å². The van der Waals surface area contributed by atoms with Crippen molar-refractivity contribution in [1.82, 2.24) is 15.2 Å². The third kappa shape index (κ3) is 2.75. The molecule has 3 rings (SSSR count). The molecule has 0 bridgehead atoms.